The number of ether oxygens (including phenoxy) is 1. The number of benzene rings is 1. The number of hydrogen-bond acceptors (Lipinski definition) is 4. The fraction of sp³-hybridized carbons (Fsp3) is 0.111. The number of carbonyl (C=O) groups is 2. The SMILES string of the molecule is NC(=O)COC(=O)c1ccc(Br)c(O)c1. The highest BCUT2D eigenvalue weighted by Crippen LogP contribution is 2.24. The Morgan fingerprint density at radius 2 is 2.13 bits per heavy atom. The van der Waals surface area contributed by atoms with E-state index in [4.69, 9.17) is 5.73 Å². The van der Waals surface area contributed by atoms with Crippen LogP contribution in [0.15, 0.2) is 22.7 Å². The van der Waals surface area contributed by atoms with Crippen LogP contribution in [0.3, 0.4) is 0 Å². The molecule has 80 valence electrons. The lowest BCUT2D eigenvalue weighted by Crippen LogP contribution is -2.20. The molecular weight excluding hydrogens is 266 g/mol. The van der Waals surface area contributed by atoms with Gasteiger partial charge in [0, 0.05) is 0 Å². The number of halogens is 1. The van der Waals surface area contributed by atoms with E-state index in [1.165, 1.54) is 18.2 Å². The van der Waals surface area contributed by atoms with Crippen LogP contribution in [0.25, 0.3) is 0 Å². The van der Waals surface area contributed by atoms with Crippen molar-refractivity contribution in [2.24, 2.45) is 5.73 Å². The van der Waals surface area contributed by atoms with Crippen molar-refractivity contribution in [1.29, 1.82) is 0 Å². The van der Waals surface area contributed by atoms with Crippen molar-refractivity contribution in [3.63, 3.8) is 0 Å². The van der Waals surface area contributed by atoms with Gasteiger partial charge in [0.15, 0.2) is 6.61 Å². The number of phenolic OH excluding ortho intramolecular Hbond substituents is 1. The largest absolute Gasteiger partial charge is 0.507 e. The molecule has 3 N–H and O–H groups in total. The lowest BCUT2D eigenvalue weighted by Gasteiger charge is -2.03. The van der Waals surface area contributed by atoms with Crippen LogP contribution in [0.2, 0.25) is 0 Å². The minimum Gasteiger partial charge on any atom is -0.507 e. The van der Waals surface area contributed by atoms with Gasteiger partial charge in [0.25, 0.3) is 5.91 Å². The molecule has 0 unspecified atom stereocenters. The Hall–Kier alpha value is -1.56. The van der Waals surface area contributed by atoms with Crippen LogP contribution in [0.1, 0.15) is 10.4 Å². The number of amides is 1. The lowest BCUT2D eigenvalue weighted by molar-refractivity contribution is -0.121. The van der Waals surface area contributed by atoms with Crippen molar-refractivity contribution >= 4 is 27.8 Å². The third-order valence-corrected chi connectivity index (χ3v) is 2.20. The maximum absolute atomic E-state index is 11.3. The van der Waals surface area contributed by atoms with E-state index in [9.17, 15) is 14.7 Å². The Morgan fingerprint density at radius 3 is 2.67 bits per heavy atom. The molecule has 1 aromatic carbocycles. The summed E-state index contributed by atoms with van der Waals surface area (Å²) >= 11 is 3.06. The minimum atomic E-state index is -0.732. The first kappa shape index (κ1) is 11.5. The van der Waals surface area contributed by atoms with E-state index in [2.05, 4.69) is 20.7 Å². The molecule has 0 radical (unpaired) electrons. The molecular formula is C9H8BrNO4. The average molecular weight is 274 g/mol. The topological polar surface area (TPSA) is 89.6 Å². The van der Waals surface area contributed by atoms with Gasteiger partial charge in [-0.25, -0.2) is 4.79 Å². The molecule has 0 bridgehead atoms. The molecule has 0 aliphatic heterocycles. The third-order valence-electron chi connectivity index (χ3n) is 1.53. The van der Waals surface area contributed by atoms with Gasteiger partial charge in [0.1, 0.15) is 5.75 Å². The van der Waals surface area contributed by atoms with Crippen LogP contribution in [0.5, 0.6) is 5.75 Å². The zero-order chi connectivity index (χ0) is 11.4. The van der Waals surface area contributed by atoms with E-state index < -0.39 is 18.5 Å². The highest BCUT2D eigenvalue weighted by atomic mass is 79.9. The molecule has 0 fully saturated rings. The van der Waals surface area contributed by atoms with Crippen LogP contribution in [0.4, 0.5) is 0 Å². The average Bonchev–Trinajstić information content (AvgIpc) is 2.18. The van der Waals surface area contributed by atoms with Crippen LogP contribution >= 0.6 is 15.9 Å². The molecule has 0 saturated heterocycles. The summed E-state index contributed by atoms with van der Waals surface area (Å²) in [5.41, 5.74) is 4.95. The molecule has 15 heavy (non-hydrogen) atoms. The van der Waals surface area contributed by atoms with Crippen molar-refractivity contribution in [1.82, 2.24) is 0 Å². The summed E-state index contributed by atoms with van der Waals surface area (Å²) in [4.78, 5) is 21.6. The van der Waals surface area contributed by atoms with E-state index in [1.54, 1.807) is 0 Å². The standard InChI is InChI=1S/C9H8BrNO4/c10-6-2-1-5(3-7(6)12)9(14)15-4-8(11)13/h1-3,12H,4H2,(H2,11,13). The first-order valence-corrected chi connectivity index (χ1v) is 4.74. The number of aromatic hydroxyl groups is 1. The molecule has 0 atom stereocenters. The van der Waals surface area contributed by atoms with Crippen LogP contribution in [-0.2, 0) is 9.53 Å². The maximum Gasteiger partial charge on any atom is 0.338 e. The van der Waals surface area contributed by atoms with E-state index in [0.29, 0.717) is 4.47 Å². The number of nitrogens with two attached hydrogens (primary N) is 1. The quantitative estimate of drug-likeness (QED) is 0.797. The summed E-state index contributed by atoms with van der Waals surface area (Å²) in [6, 6.07) is 4.18. The van der Waals surface area contributed by atoms with Crippen molar-refractivity contribution < 1.29 is 19.4 Å². The molecule has 0 aliphatic rings. The highest BCUT2D eigenvalue weighted by molar-refractivity contribution is 9.10. The fourth-order valence-corrected chi connectivity index (χ4v) is 1.11. The predicted octanol–water partition coefficient (Wildman–Crippen LogP) is 0.797. The van der Waals surface area contributed by atoms with E-state index in [1.807, 2.05) is 0 Å². The molecule has 1 rings (SSSR count). The molecule has 1 aromatic rings. The fourth-order valence-electron chi connectivity index (χ4n) is 0.860. The van der Waals surface area contributed by atoms with Crippen molar-refractivity contribution in [3.05, 3.63) is 28.2 Å². The summed E-state index contributed by atoms with van der Waals surface area (Å²) in [5, 5.41) is 9.28. The number of esters is 1. The van der Waals surface area contributed by atoms with Gasteiger partial charge in [-0.3, -0.25) is 4.79 Å². The Bertz CT molecular complexity index is 405. The number of primary amides is 1. The number of hydrogen-bond donors (Lipinski definition) is 2. The maximum atomic E-state index is 11.3. The Balaban J connectivity index is 2.74. The lowest BCUT2D eigenvalue weighted by atomic mass is 10.2. The predicted molar refractivity (Wildman–Crippen MR) is 55.3 cm³/mol. The summed E-state index contributed by atoms with van der Waals surface area (Å²) < 4.78 is 5.01. The van der Waals surface area contributed by atoms with Gasteiger partial charge in [-0.2, -0.15) is 0 Å². The van der Waals surface area contributed by atoms with E-state index >= 15 is 0 Å². The zero-order valence-corrected chi connectivity index (χ0v) is 9.15. The molecule has 0 aromatic heterocycles. The second kappa shape index (κ2) is 4.79. The van der Waals surface area contributed by atoms with Crippen LogP contribution in [-0.4, -0.2) is 23.6 Å². The van der Waals surface area contributed by atoms with Gasteiger partial charge in [0.2, 0.25) is 0 Å². The third kappa shape index (κ3) is 3.25. The van der Waals surface area contributed by atoms with Crippen molar-refractivity contribution in [3.8, 4) is 5.75 Å². The monoisotopic (exact) mass is 273 g/mol. The van der Waals surface area contributed by atoms with E-state index in [0.717, 1.165) is 0 Å². The molecule has 1 amide bonds. The highest BCUT2D eigenvalue weighted by Gasteiger charge is 2.10. The zero-order valence-electron chi connectivity index (χ0n) is 7.57. The smallest absolute Gasteiger partial charge is 0.338 e. The molecule has 0 aliphatic carbocycles. The summed E-state index contributed by atoms with van der Waals surface area (Å²) in [6.45, 7) is -0.477. The molecule has 0 spiro atoms. The van der Waals surface area contributed by atoms with Gasteiger partial charge in [0.05, 0.1) is 10.0 Å². The summed E-state index contributed by atoms with van der Waals surface area (Å²) in [5.74, 6) is -1.52. The van der Waals surface area contributed by atoms with Gasteiger partial charge < -0.3 is 15.6 Å². The Labute approximate surface area is 94.0 Å². The van der Waals surface area contributed by atoms with E-state index in [-0.39, 0.29) is 11.3 Å². The minimum absolute atomic E-state index is 0.0801. The van der Waals surface area contributed by atoms with Gasteiger partial charge in [-0.05, 0) is 34.1 Å². The van der Waals surface area contributed by atoms with Gasteiger partial charge in [-0.1, -0.05) is 0 Å². The number of phenols is 1. The second-order valence-electron chi connectivity index (χ2n) is 2.71. The van der Waals surface area contributed by atoms with Crippen LogP contribution in [0, 0.1) is 0 Å². The molecule has 0 saturated carbocycles. The second-order valence-corrected chi connectivity index (χ2v) is 3.56. The normalized spacial score (nSPS) is 9.67. The van der Waals surface area contributed by atoms with Crippen molar-refractivity contribution in [2.75, 3.05) is 6.61 Å². The summed E-state index contributed by atoms with van der Waals surface area (Å²) in [6.07, 6.45) is 0. The Kier molecular flexibility index (Phi) is 3.68. The van der Waals surface area contributed by atoms with Crippen molar-refractivity contribution in [2.45, 2.75) is 0 Å². The first-order chi connectivity index (χ1) is 7.00. The Morgan fingerprint density at radius 1 is 1.47 bits per heavy atom. The molecule has 5 nitrogen and oxygen atoms in total. The van der Waals surface area contributed by atoms with Gasteiger partial charge in [-0.15, -0.1) is 0 Å². The molecule has 0 heterocycles. The number of carbonyl (C=O) groups excluding carboxylic acids is 2. The molecule has 6 heteroatoms. The number of rotatable bonds is 3. The van der Waals surface area contributed by atoms with Gasteiger partial charge >= 0.3 is 5.97 Å². The summed E-state index contributed by atoms with van der Waals surface area (Å²) in [7, 11) is 0. The van der Waals surface area contributed by atoms with Crippen LogP contribution < -0.4 is 5.73 Å². The first-order valence-electron chi connectivity index (χ1n) is 3.94.